The second kappa shape index (κ2) is 9.98. The summed E-state index contributed by atoms with van der Waals surface area (Å²) in [6.45, 7) is 6.72. The number of thiocarbonyl (C=S) groups is 1. The topological polar surface area (TPSA) is 47.6 Å². The molecule has 1 aromatic carbocycles. The van der Waals surface area contributed by atoms with Crippen molar-refractivity contribution in [3.8, 4) is 0 Å². The molecule has 1 saturated carbocycles. The normalized spacial score (nSPS) is 33.4. The van der Waals surface area contributed by atoms with Crippen molar-refractivity contribution in [2.75, 3.05) is 27.0 Å². The Morgan fingerprint density at radius 2 is 1.97 bits per heavy atom. The molecule has 0 radical (unpaired) electrons. The van der Waals surface area contributed by atoms with E-state index < -0.39 is 16.9 Å². The van der Waals surface area contributed by atoms with Gasteiger partial charge in [0, 0.05) is 42.5 Å². The van der Waals surface area contributed by atoms with Crippen LogP contribution in [0, 0.1) is 17.3 Å². The van der Waals surface area contributed by atoms with Crippen LogP contribution in [0.5, 0.6) is 0 Å². The lowest BCUT2D eigenvalue weighted by atomic mass is 9.56. The van der Waals surface area contributed by atoms with Crippen LogP contribution in [-0.4, -0.2) is 47.5 Å². The zero-order chi connectivity index (χ0) is 23.0. The van der Waals surface area contributed by atoms with E-state index in [0.29, 0.717) is 17.6 Å². The third-order valence-electron chi connectivity index (χ3n) is 7.30. The van der Waals surface area contributed by atoms with Crippen molar-refractivity contribution in [2.45, 2.75) is 64.5 Å². The predicted molar refractivity (Wildman–Crippen MR) is 138 cm³/mol. The lowest BCUT2D eigenvalue weighted by Gasteiger charge is -2.54. The molecule has 1 N–H and O–H groups in total. The summed E-state index contributed by atoms with van der Waals surface area (Å²) in [5, 5.41) is 0. The van der Waals surface area contributed by atoms with Crippen LogP contribution in [0.2, 0.25) is 0 Å². The molecule has 2 aliphatic rings. The van der Waals surface area contributed by atoms with Crippen LogP contribution in [0.4, 0.5) is 0 Å². The molecular formula is C24H37BrN2O2S2. The number of hydrogen-bond acceptors (Lipinski definition) is 4. The average molecular weight is 530 g/mol. The number of nitrogens with one attached hydrogen (secondary N) is 1. The Hall–Kier alpha value is -0.180. The summed E-state index contributed by atoms with van der Waals surface area (Å²) in [5.74, 6) is 1.42. The zero-order valence-electron chi connectivity index (χ0n) is 19.7. The number of likely N-dealkylation sites (N-methyl/N-ethyl adjacent to an activating group) is 1. The molecule has 0 aromatic heterocycles. The van der Waals surface area contributed by atoms with E-state index in [4.69, 9.17) is 17.0 Å². The molecule has 7 heteroatoms. The van der Waals surface area contributed by atoms with Gasteiger partial charge < -0.3 is 14.2 Å². The third kappa shape index (κ3) is 4.47. The molecule has 0 saturated heterocycles. The fraction of sp³-hybridized carbons (Fsp3) is 0.708. The number of methoxy groups -OCH3 is 1. The minimum Gasteiger partial charge on any atom is -0.598 e. The highest BCUT2D eigenvalue weighted by molar-refractivity contribution is 9.10. The van der Waals surface area contributed by atoms with Crippen LogP contribution in [0.1, 0.15) is 57.6 Å². The highest BCUT2D eigenvalue weighted by atomic mass is 79.9. The van der Waals surface area contributed by atoms with Gasteiger partial charge in [0.25, 0.3) is 0 Å². The lowest BCUT2D eigenvalue weighted by Crippen LogP contribution is -2.65. The molecule has 3 rings (SSSR count). The molecule has 31 heavy (non-hydrogen) atoms. The molecule has 3 unspecified atom stereocenters. The molecule has 0 heterocycles. The van der Waals surface area contributed by atoms with Gasteiger partial charge in [-0.15, -0.1) is 4.72 Å². The van der Waals surface area contributed by atoms with Crippen molar-refractivity contribution in [1.29, 1.82) is 0 Å². The maximum Gasteiger partial charge on any atom is 0.144 e. The first-order valence-electron chi connectivity index (χ1n) is 11.3. The van der Waals surface area contributed by atoms with Gasteiger partial charge in [-0.25, -0.2) is 0 Å². The van der Waals surface area contributed by atoms with Crippen LogP contribution < -0.4 is 4.72 Å². The monoisotopic (exact) mass is 528 g/mol. The Bertz CT molecular complexity index is 794. The third-order valence-corrected chi connectivity index (χ3v) is 9.65. The van der Waals surface area contributed by atoms with Gasteiger partial charge in [0.15, 0.2) is 0 Å². The Labute approximate surface area is 205 Å². The van der Waals surface area contributed by atoms with Crippen molar-refractivity contribution in [3.63, 3.8) is 0 Å². The molecule has 1 spiro atoms. The van der Waals surface area contributed by atoms with E-state index in [-0.39, 0.29) is 11.5 Å². The average Bonchev–Trinajstić information content (AvgIpc) is 2.94. The standard InChI is InChI=1S/C24H37BrN2O2S2/c1-7-8-11-31(28)26-24(22(30)27(4)5)20-12-19(25)10-9-18(20)15-23(24)13-16(2)21(29-6)17(3)14-23/h9-10,12,16-17,21,26H,7-8,11,13-15H2,1-6H3/t16-,17+,21?,23?,24-,31?/m1/s1. The molecule has 1 fully saturated rings. The number of unbranched alkanes of at least 4 members (excludes halogenated alkanes) is 1. The number of halogens is 1. The van der Waals surface area contributed by atoms with Crippen LogP contribution in [-0.2, 0) is 28.1 Å². The van der Waals surface area contributed by atoms with E-state index in [9.17, 15) is 4.55 Å². The van der Waals surface area contributed by atoms with Gasteiger partial charge in [0.05, 0.1) is 6.10 Å². The fourth-order valence-corrected chi connectivity index (χ4v) is 8.46. The van der Waals surface area contributed by atoms with Gasteiger partial charge in [-0.05, 0) is 60.8 Å². The molecule has 0 bridgehead atoms. The van der Waals surface area contributed by atoms with Crippen LogP contribution in [0.3, 0.4) is 0 Å². The van der Waals surface area contributed by atoms with Crippen LogP contribution in [0.25, 0.3) is 0 Å². The highest BCUT2D eigenvalue weighted by Crippen LogP contribution is 2.61. The summed E-state index contributed by atoms with van der Waals surface area (Å²) in [6, 6.07) is 6.53. The number of nitrogens with zero attached hydrogens (tertiary/aromatic N) is 1. The van der Waals surface area contributed by atoms with E-state index in [0.717, 1.165) is 41.6 Å². The van der Waals surface area contributed by atoms with E-state index in [1.54, 1.807) is 0 Å². The Kier molecular flexibility index (Phi) is 8.19. The molecule has 0 aliphatic heterocycles. The largest absolute Gasteiger partial charge is 0.598 e. The van der Waals surface area contributed by atoms with Gasteiger partial charge in [-0.3, -0.25) is 0 Å². The van der Waals surface area contributed by atoms with Gasteiger partial charge in [0.1, 0.15) is 16.3 Å². The van der Waals surface area contributed by atoms with E-state index in [1.165, 1.54) is 11.1 Å². The van der Waals surface area contributed by atoms with Crippen molar-refractivity contribution >= 4 is 44.5 Å². The smallest absolute Gasteiger partial charge is 0.144 e. The van der Waals surface area contributed by atoms with Gasteiger partial charge >= 0.3 is 0 Å². The van der Waals surface area contributed by atoms with Crippen molar-refractivity contribution in [1.82, 2.24) is 9.62 Å². The van der Waals surface area contributed by atoms with Crippen molar-refractivity contribution < 1.29 is 9.29 Å². The van der Waals surface area contributed by atoms with Crippen molar-refractivity contribution in [2.24, 2.45) is 17.3 Å². The maximum absolute atomic E-state index is 13.4. The van der Waals surface area contributed by atoms with E-state index in [2.05, 4.69) is 59.6 Å². The summed E-state index contributed by atoms with van der Waals surface area (Å²) in [6.07, 6.45) is 5.09. The maximum atomic E-state index is 13.4. The number of ether oxygens (including phenoxy) is 1. The molecule has 174 valence electrons. The number of fused-ring (bicyclic) bond motifs is 1. The fourth-order valence-electron chi connectivity index (χ4n) is 6.24. The first kappa shape index (κ1) is 25.4. The lowest BCUT2D eigenvalue weighted by molar-refractivity contribution is -0.0678. The minimum absolute atomic E-state index is 0.146. The zero-order valence-corrected chi connectivity index (χ0v) is 22.9. The number of benzene rings is 1. The Morgan fingerprint density at radius 1 is 1.32 bits per heavy atom. The van der Waals surface area contributed by atoms with Gasteiger partial charge in [-0.2, -0.15) is 0 Å². The predicted octanol–water partition coefficient (Wildman–Crippen LogP) is 5.21. The van der Waals surface area contributed by atoms with Crippen LogP contribution >= 0.6 is 28.1 Å². The van der Waals surface area contributed by atoms with E-state index in [1.807, 2.05) is 26.1 Å². The van der Waals surface area contributed by atoms with Crippen LogP contribution in [0.15, 0.2) is 22.7 Å². The van der Waals surface area contributed by atoms with Gasteiger partial charge in [0.2, 0.25) is 0 Å². The second-order valence-corrected chi connectivity index (χ2v) is 12.4. The highest BCUT2D eigenvalue weighted by Gasteiger charge is 2.65. The molecule has 2 aliphatic carbocycles. The first-order chi connectivity index (χ1) is 14.6. The molecule has 4 nitrogen and oxygen atoms in total. The summed E-state index contributed by atoms with van der Waals surface area (Å²) in [5.41, 5.74) is 1.70. The number of hydrogen-bond donors (Lipinski definition) is 1. The Balaban J connectivity index is 2.20. The summed E-state index contributed by atoms with van der Waals surface area (Å²) in [7, 11) is 5.85. The number of rotatable bonds is 7. The molecular weight excluding hydrogens is 492 g/mol. The molecule has 1 aromatic rings. The summed E-state index contributed by atoms with van der Waals surface area (Å²) < 4.78 is 24.0. The van der Waals surface area contributed by atoms with E-state index >= 15 is 0 Å². The second-order valence-electron chi connectivity index (χ2n) is 9.78. The quantitative estimate of drug-likeness (QED) is 0.388. The first-order valence-corrected chi connectivity index (χ1v) is 13.8. The minimum atomic E-state index is -1.17. The Morgan fingerprint density at radius 3 is 2.52 bits per heavy atom. The summed E-state index contributed by atoms with van der Waals surface area (Å²) in [4.78, 5) is 2.86. The summed E-state index contributed by atoms with van der Waals surface area (Å²) >= 11 is 8.69. The SMILES string of the molecule is CCCC[S+]([O-])N[C@@]1(C(=S)N(C)C)c2cc(Br)ccc2CC12C[C@@H](C)C(OC)[C@@H](C)C2. The molecule has 0 amide bonds. The van der Waals surface area contributed by atoms with Crippen molar-refractivity contribution in [3.05, 3.63) is 33.8 Å². The van der Waals surface area contributed by atoms with Gasteiger partial charge in [-0.1, -0.05) is 61.4 Å². The molecule has 6 atom stereocenters.